The van der Waals surface area contributed by atoms with Gasteiger partial charge in [-0.3, -0.25) is 4.79 Å². The molecule has 10 heteroatoms. The smallest absolute Gasteiger partial charge is 0.357 e. The van der Waals surface area contributed by atoms with Gasteiger partial charge in [0, 0.05) is 6.92 Å². The predicted octanol–water partition coefficient (Wildman–Crippen LogP) is 0.131. The summed E-state index contributed by atoms with van der Waals surface area (Å²) in [6.45, 7) is 2.98. The van der Waals surface area contributed by atoms with Crippen molar-refractivity contribution in [1.29, 1.82) is 0 Å². The van der Waals surface area contributed by atoms with Crippen molar-refractivity contribution < 1.29 is 18.9 Å². The van der Waals surface area contributed by atoms with Crippen molar-refractivity contribution in [3.63, 3.8) is 0 Å². The van der Waals surface area contributed by atoms with E-state index in [1.165, 1.54) is 6.92 Å². The fraction of sp³-hybridized carbons (Fsp3) is 0.273. The summed E-state index contributed by atoms with van der Waals surface area (Å²) in [6.07, 6.45) is 0. The van der Waals surface area contributed by atoms with Gasteiger partial charge in [0.15, 0.2) is 17.0 Å². The highest BCUT2D eigenvalue weighted by Gasteiger charge is 2.22. The van der Waals surface area contributed by atoms with E-state index in [1.807, 2.05) is 0 Å². The second kappa shape index (κ2) is 4.51. The van der Waals surface area contributed by atoms with Gasteiger partial charge in [-0.15, -0.1) is 0 Å². The Bertz CT molecular complexity index is 906. The number of carboxylic acid groups (broad SMARTS) is 1. The zero-order valence-electron chi connectivity index (χ0n) is 11.0. The van der Waals surface area contributed by atoms with E-state index in [2.05, 4.69) is 20.4 Å². The van der Waals surface area contributed by atoms with E-state index in [4.69, 9.17) is 9.05 Å². The van der Waals surface area contributed by atoms with Crippen LogP contribution in [0.3, 0.4) is 0 Å². The first kappa shape index (κ1) is 13.0. The minimum atomic E-state index is -1.29. The standard InChI is InChI=1S/C11H9N5O5/c1-4-7-8(15-20-4)10(17)16(13-9(7)11(18)19)3-6-12-5(2)21-14-6/h3H2,1-2H3,(H,18,19). The molecule has 0 aliphatic rings. The van der Waals surface area contributed by atoms with Crippen molar-refractivity contribution in [2.75, 3.05) is 0 Å². The first-order chi connectivity index (χ1) is 9.97. The summed E-state index contributed by atoms with van der Waals surface area (Å²) in [5.41, 5.74) is -1.00. The number of aryl methyl sites for hydroxylation is 2. The van der Waals surface area contributed by atoms with Crippen LogP contribution in [0.15, 0.2) is 13.8 Å². The molecule has 0 atom stereocenters. The Morgan fingerprint density at radius 2 is 2.05 bits per heavy atom. The minimum Gasteiger partial charge on any atom is -0.476 e. The largest absolute Gasteiger partial charge is 0.476 e. The molecule has 21 heavy (non-hydrogen) atoms. The van der Waals surface area contributed by atoms with Crippen molar-refractivity contribution in [3.05, 3.63) is 33.5 Å². The number of rotatable bonds is 3. The number of carbonyl (C=O) groups is 1. The highest BCUT2D eigenvalue weighted by atomic mass is 16.5. The molecular formula is C11H9N5O5. The summed E-state index contributed by atoms with van der Waals surface area (Å²) in [5, 5.41) is 20.4. The fourth-order valence-corrected chi connectivity index (χ4v) is 1.93. The summed E-state index contributed by atoms with van der Waals surface area (Å²) >= 11 is 0. The molecule has 0 saturated carbocycles. The lowest BCUT2D eigenvalue weighted by atomic mass is 10.2. The lowest BCUT2D eigenvalue weighted by Crippen LogP contribution is -2.27. The third-order valence-corrected chi connectivity index (χ3v) is 2.82. The van der Waals surface area contributed by atoms with Gasteiger partial charge in [-0.2, -0.15) is 10.1 Å². The molecule has 0 aliphatic carbocycles. The van der Waals surface area contributed by atoms with E-state index in [-0.39, 0.29) is 34.7 Å². The van der Waals surface area contributed by atoms with Crippen LogP contribution in [0, 0.1) is 13.8 Å². The molecule has 0 radical (unpaired) electrons. The quantitative estimate of drug-likeness (QED) is 0.713. The van der Waals surface area contributed by atoms with E-state index in [0.29, 0.717) is 5.89 Å². The SMILES string of the molecule is Cc1nc(Cn2nc(C(=O)O)c3c(C)onc3c2=O)no1. The van der Waals surface area contributed by atoms with Crippen LogP contribution < -0.4 is 5.56 Å². The topological polar surface area (TPSA) is 137 Å². The molecular weight excluding hydrogens is 282 g/mol. The number of carboxylic acids is 1. The Morgan fingerprint density at radius 1 is 1.29 bits per heavy atom. The molecule has 0 fully saturated rings. The van der Waals surface area contributed by atoms with Crippen molar-refractivity contribution in [1.82, 2.24) is 25.1 Å². The number of hydrogen-bond acceptors (Lipinski definition) is 8. The van der Waals surface area contributed by atoms with Crippen LogP contribution in [0.1, 0.15) is 28.0 Å². The van der Waals surface area contributed by atoms with Gasteiger partial charge in [0.2, 0.25) is 5.89 Å². The molecule has 0 bridgehead atoms. The molecule has 10 nitrogen and oxygen atoms in total. The number of fused-ring (bicyclic) bond motifs is 1. The van der Waals surface area contributed by atoms with Crippen LogP contribution in [-0.4, -0.2) is 36.2 Å². The summed E-state index contributed by atoms with van der Waals surface area (Å²) < 4.78 is 10.6. The van der Waals surface area contributed by atoms with Gasteiger partial charge in [0.1, 0.15) is 12.3 Å². The van der Waals surface area contributed by atoms with Crippen LogP contribution in [0.5, 0.6) is 0 Å². The van der Waals surface area contributed by atoms with Gasteiger partial charge >= 0.3 is 5.97 Å². The van der Waals surface area contributed by atoms with Gasteiger partial charge in [0.25, 0.3) is 5.56 Å². The minimum absolute atomic E-state index is 0.0908. The lowest BCUT2D eigenvalue weighted by Gasteiger charge is -2.03. The second-order valence-electron chi connectivity index (χ2n) is 4.31. The summed E-state index contributed by atoms with van der Waals surface area (Å²) in [5.74, 6) is -0.535. The molecule has 0 unspecified atom stereocenters. The molecule has 0 saturated heterocycles. The molecule has 3 rings (SSSR count). The van der Waals surface area contributed by atoms with Crippen LogP contribution in [-0.2, 0) is 6.54 Å². The zero-order valence-corrected chi connectivity index (χ0v) is 11.0. The maximum atomic E-state index is 12.2. The van der Waals surface area contributed by atoms with Crippen LogP contribution in [0.2, 0.25) is 0 Å². The van der Waals surface area contributed by atoms with Crippen molar-refractivity contribution in [2.24, 2.45) is 0 Å². The second-order valence-corrected chi connectivity index (χ2v) is 4.31. The van der Waals surface area contributed by atoms with Crippen molar-refractivity contribution >= 4 is 16.9 Å². The third kappa shape index (κ3) is 2.06. The average molecular weight is 291 g/mol. The summed E-state index contributed by atoms with van der Waals surface area (Å²) in [7, 11) is 0. The molecule has 0 aliphatic heterocycles. The van der Waals surface area contributed by atoms with E-state index in [1.54, 1.807) is 6.92 Å². The average Bonchev–Trinajstić information content (AvgIpc) is 3.00. The summed E-state index contributed by atoms with van der Waals surface area (Å²) in [4.78, 5) is 27.5. The normalized spacial score (nSPS) is 11.1. The maximum Gasteiger partial charge on any atom is 0.357 e. The first-order valence-electron chi connectivity index (χ1n) is 5.87. The van der Waals surface area contributed by atoms with E-state index in [0.717, 1.165) is 4.68 Å². The Kier molecular flexibility index (Phi) is 2.78. The first-order valence-corrected chi connectivity index (χ1v) is 5.87. The van der Waals surface area contributed by atoms with Gasteiger partial charge in [-0.1, -0.05) is 10.3 Å². The van der Waals surface area contributed by atoms with Crippen LogP contribution in [0.25, 0.3) is 10.9 Å². The van der Waals surface area contributed by atoms with Gasteiger partial charge in [-0.25, -0.2) is 9.48 Å². The molecule has 0 aromatic carbocycles. The Hall–Kier alpha value is -3.04. The van der Waals surface area contributed by atoms with E-state index >= 15 is 0 Å². The van der Waals surface area contributed by atoms with Crippen LogP contribution in [0.4, 0.5) is 0 Å². The monoisotopic (exact) mass is 291 g/mol. The highest BCUT2D eigenvalue weighted by Crippen LogP contribution is 2.17. The lowest BCUT2D eigenvalue weighted by molar-refractivity contribution is 0.0690. The summed E-state index contributed by atoms with van der Waals surface area (Å²) in [6, 6.07) is 0. The van der Waals surface area contributed by atoms with Crippen molar-refractivity contribution in [2.45, 2.75) is 20.4 Å². The fourth-order valence-electron chi connectivity index (χ4n) is 1.93. The number of aromatic carboxylic acids is 1. The molecule has 3 aromatic heterocycles. The van der Waals surface area contributed by atoms with E-state index < -0.39 is 11.5 Å². The molecule has 0 amide bonds. The molecule has 0 spiro atoms. The Morgan fingerprint density at radius 3 is 2.67 bits per heavy atom. The zero-order chi connectivity index (χ0) is 15.1. The Balaban J connectivity index is 2.21. The predicted molar refractivity (Wildman–Crippen MR) is 65.9 cm³/mol. The third-order valence-electron chi connectivity index (χ3n) is 2.82. The molecule has 3 heterocycles. The van der Waals surface area contributed by atoms with Crippen LogP contribution >= 0.6 is 0 Å². The number of nitrogens with zero attached hydrogens (tertiary/aromatic N) is 5. The molecule has 1 N–H and O–H groups in total. The van der Waals surface area contributed by atoms with Crippen molar-refractivity contribution in [3.8, 4) is 0 Å². The van der Waals surface area contributed by atoms with Gasteiger partial charge in [0.05, 0.1) is 5.39 Å². The van der Waals surface area contributed by atoms with E-state index in [9.17, 15) is 14.7 Å². The Labute approximate surface area is 116 Å². The molecule has 108 valence electrons. The highest BCUT2D eigenvalue weighted by molar-refractivity contribution is 6.00. The van der Waals surface area contributed by atoms with Gasteiger partial charge in [-0.05, 0) is 6.92 Å². The maximum absolute atomic E-state index is 12.2. The molecule has 3 aromatic rings. The number of hydrogen-bond donors (Lipinski definition) is 1. The number of aromatic nitrogens is 5. The van der Waals surface area contributed by atoms with Gasteiger partial charge < -0.3 is 14.2 Å².